The third-order valence-corrected chi connectivity index (χ3v) is 4.70. The van der Waals surface area contributed by atoms with Gasteiger partial charge in [0.2, 0.25) is 0 Å². The van der Waals surface area contributed by atoms with Gasteiger partial charge >= 0.3 is 0 Å². The van der Waals surface area contributed by atoms with Crippen molar-refractivity contribution in [3.8, 4) is 22.9 Å². The van der Waals surface area contributed by atoms with Crippen LogP contribution >= 0.6 is 12.2 Å². The van der Waals surface area contributed by atoms with Gasteiger partial charge in [-0.3, -0.25) is 9.67 Å². The maximum absolute atomic E-state index is 9.71. The fourth-order valence-corrected chi connectivity index (χ4v) is 3.33. The molecule has 0 fully saturated rings. The molecule has 0 radical (unpaired) electrons. The van der Waals surface area contributed by atoms with Gasteiger partial charge in [-0.25, -0.2) is 0 Å². The first-order valence-electron chi connectivity index (χ1n) is 8.16. The van der Waals surface area contributed by atoms with Crippen molar-refractivity contribution in [1.82, 2.24) is 14.8 Å². The summed E-state index contributed by atoms with van der Waals surface area (Å²) in [4.78, 5) is 0. The predicted octanol–water partition coefficient (Wildman–Crippen LogP) is 4.52. The molecule has 0 saturated carbocycles. The monoisotopic (exact) mass is 363 g/mol. The van der Waals surface area contributed by atoms with Gasteiger partial charge in [0.25, 0.3) is 0 Å². The lowest BCUT2D eigenvalue weighted by molar-refractivity contribution is 0.409. The van der Waals surface area contributed by atoms with Gasteiger partial charge in [-0.1, -0.05) is 42.5 Å². The van der Waals surface area contributed by atoms with Crippen LogP contribution in [0.25, 0.3) is 22.2 Å². The quantitative estimate of drug-likeness (QED) is 0.523. The van der Waals surface area contributed by atoms with Crippen molar-refractivity contribution in [2.75, 3.05) is 7.11 Å². The molecule has 0 atom stereocenters. The van der Waals surface area contributed by atoms with Crippen molar-refractivity contribution < 1.29 is 9.84 Å². The Kier molecular flexibility index (Phi) is 4.18. The topological polar surface area (TPSA) is 63.1 Å². The van der Waals surface area contributed by atoms with Crippen LogP contribution in [-0.2, 0) is 6.54 Å². The van der Waals surface area contributed by atoms with E-state index in [1.165, 1.54) is 10.8 Å². The summed E-state index contributed by atoms with van der Waals surface area (Å²) in [7, 11) is 1.56. The van der Waals surface area contributed by atoms with Crippen LogP contribution in [0.2, 0.25) is 0 Å². The first-order valence-corrected chi connectivity index (χ1v) is 8.57. The SMILES string of the molecule is COc1cc(O)ccc1-c1n[nH]c(=S)n1Cc1cccc2ccccc12. The summed E-state index contributed by atoms with van der Waals surface area (Å²) in [5.41, 5.74) is 1.91. The third-order valence-electron chi connectivity index (χ3n) is 4.39. The zero-order valence-corrected chi connectivity index (χ0v) is 15.0. The Balaban J connectivity index is 1.84. The number of benzene rings is 3. The highest BCUT2D eigenvalue weighted by Crippen LogP contribution is 2.32. The van der Waals surface area contributed by atoms with E-state index in [2.05, 4.69) is 34.5 Å². The third kappa shape index (κ3) is 2.84. The number of methoxy groups -OCH3 is 1. The standard InChI is InChI=1S/C20H17N3O2S/c1-25-18-11-15(24)9-10-17(18)19-21-22-20(26)23(19)12-14-7-4-6-13-5-2-3-8-16(13)14/h2-11,24H,12H2,1H3,(H,22,26). The smallest absolute Gasteiger partial charge is 0.195 e. The molecule has 130 valence electrons. The lowest BCUT2D eigenvalue weighted by Gasteiger charge is -2.12. The molecule has 0 aliphatic heterocycles. The summed E-state index contributed by atoms with van der Waals surface area (Å²) in [6.07, 6.45) is 0. The Morgan fingerprint density at radius 3 is 2.77 bits per heavy atom. The number of hydrogen-bond donors (Lipinski definition) is 2. The highest BCUT2D eigenvalue weighted by atomic mass is 32.1. The van der Waals surface area contributed by atoms with Crippen molar-refractivity contribution in [3.63, 3.8) is 0 Å². The number of aromatic hydroxyl groups is 1. The molecule has 0 unspecified atom stereocenters. The first-order chi connectivity index (χ1) is 12.7. The normalized spacial score (nSPS) is 11.0. The van der Waals surface area contributed by atoms with Crippen molar-refractivity contribution in [2.45, 2.75) is 6.54 Å². The minimum atomic E-state index is 0.139. The van der Waals surface area contributed by atoms with Crippen LogP contribution in [0.5, 0.6) is 11.5 Å². The van der Waals surface area contributed by atoms with E-state index in [9.17, 15) is 5.11 Å². The number of phenols is 1. The fraction of sp³-hybridized carbons (Fsp3) is 0.100. The number of phenolic OH excluding ortho intramolecular Hbond substituents is 1. The molecule has 0 bridgehead atoms. The summed E-state index contributed by atoms with van der Waals surface area (Å²) in [5, 5.41) is 19.3. The van der Waals surface area contributed by atoms with Crippen molar-refractivity contribution in [3.05, 3.63) is 71.0 Å². The van der Waals surface area contributed by atoms with E-state index >= 15 is 0 Å². The van der Waals surface area contributed by atoms with Crippen LogP contribution < -0.4 is 4.74 Å². The zero-order valence-electron chi connectivity index (χ0n) is 14.1. The number of aromatic amines is 1. The van der Waals surface area contributed by atoms with Crippen LogP contribution in [0.1, 0.15) is 5.56 Å². The Labute approximate surface area is 155 Å². The molecule has 0 spiro atoms. The average Bonchev–Trinajstić information content (AvgIpc) is 3.02. The molecule has 6 heteroatoms. The average molecular weight is 363 g/mol. The van der Waals surface area contributed by atoms with Crippen molar-refractivity contribution >= 4 is 23.0 Å². The molecule has 5 nitrogen and oxygen atoms in total. The Morgan fingerprint density at radius 1 is 1.12 bits per heavy atom. The van der Waals surface area contributed by atoms with Gasteiger partial charge < -0.3 is 9.84 Å². The van der Waals surface area contributed by atoms with Gasteiger partial charge in [-0.15, -0.1) is 0 Å². The minimum Gasteiger partial charge on any atom is -0.508 e. The molecule has 1 heterocycles. The zero-order chi connectivity index (χ0) is 18.1. The van der Waals surface area contributed by atoms with E-state index in [-0.39, 0.29) is 5.75 Å². The molecule has 1 aromatic heterocycles. The van der Waals surface area contributed by atoms with Gasteiger partial charge in [0, 0.05) is 6.07 Å². The van der Waals surface area contributed by atoms with E-state index in [1.807, 2.05) is 22.8 Å². The number of fused-ring (bicyclic) bond motifs is 1. The number of hydrogen-bond acceptors (Lipinski definition) is 4. The molecule has 0 aliphatic carbocycles. The lowest BCUT2D eigenvalue weighted by atomic mass is 10.0. The molecule has 26 heavy (non-hydrogen) atoms. The Morgan fingerprint density at radius 2 is 1.92 bits per heavy atom. The minimum absolute atomic E-state index is 0.139. The molecular weight excluding hydrogens is 346 g/mol. The van der Waals surface area contributed by atoms with E-state index in [4.69, 9.17) is 17.0 Å². The molecule has 0 aliphatic rings. The fourth-order valence-electron chi connectivity index (χ4n) is 3.14. The van der Waals surface area contributed by atoms with Crippen LogP contribution in [-0.4, -0.2) is 27.0 Å². The summed E-state index contributed by atoms with van der Waals surface area (Å²) < 4.78 is 7.87. The molecule has 0 amide bonds. The van der Waals surface area contributed by atoms with Crippen LogP contribution in [0, 0.1) is 4.77 Å². The molecule has 0 saturated heterocycles. The van der Waals surface area contributed by atoms with Gasteiger partial charge in [-0.2, -0.15) is 5.10 Å². The van der Waals surface area contributed by atoms with E-state index < -0.39 is 0 Å². The van der Waals surface area contributed by atoms with Crippen LogP contribution in [0.15, 0.2) is 60.7 Å². The van der Waals surface area contributed by atoms with Crippen LogP contribution in [0.4, 0.5) is 0 Å². The number of rotatable bonds is 4. The maximum Gasteiger partial charge on any atom is 0.195 e. The van der Waals surface area contributed by atoms with E-state index in [0.29, 0.717) is 22.9 Å². The highest BCUT2D eigenvalue weighted by molar-refractivity contribution is 7.71. The molecule has 2 N–H and O–H groups in total. The first kappa shape index (κ1) is 16.4. The van der Waals surface area contributed by atoms with Gasteiger partial charge in [-0.05, 0) is 40.7 Å². The number of ether oxygens (including phenoxy) is 1. The van der Waals surface area contributed by atoms with Gasteiger partial charge in [0.15, 0.2) is 10.6 Å². The second kappa shape index (κ2) is 6.65. The van der Waals surface area contributed by atoms with E-state index in [0.717, 1.165) is 11.1 Å². The van der Waals surface area contributed by atoms with Gasteiger partial charge in [0.1, 0.15) is 11.5 Å². The number of nitrogens with one attached hydrogen (secondary N) is 1. The number of aromatic nitrogens is 3. The summed E-state index contributed by atoms with van der Waals surface area (Å²) in [5.74, 6) is 1.35. The summed E-state index contributed by atoms with van der Waals surface area (Å²) in [6, 6.07) is 19.4. The highest BCUT2D eigenvalue weighted by Gasteiger charge is 2.15. The van der Waals surface area contributed by atoms with E-state index in [1.54, 1.807) is 25.3 Å². The van der Waals surface area contributed by atoms with Crippen molar-refractivity contribution in [2.24, 2.45) is 0 Å². The van der Waals surface area contributed by atoms with Crippen LogP contribution in [0.3, 0.4) is 0 Å². The second-order valence-corrected chi connectivity index (χ2v) is 6.35. The Bertz CT molecular complexity index is 1140. The molecule has 3 aromatic carbocycles. The molecule has 4 aromatic rings. The summed E-state index contributed by atoms with van der Waals surface area (Å²) in [6.45, 7) is 0.579. The number of nitrogens with zero attached hydrogens (tertiary/aromatic N) is 2. The lowest BCUT2D eigenvalue weighted by Crippen LogP contribution is -2.04. The Hall–Kier alpha value is -3.12. The van der Waals surface area contributed by atoms with Crippen molar-refractivity contribution in [1.29, 1.82) is 0 Å². The van der Waals surface area contributed by atoms with Gasteiger partial charge in [0.05, 0.1) is 19.2 Å². The summed E-state index contributed by atoms with van der Waals surface area (Å²) >= 11 is 5.45. The predicted molar refractivity (Wildman–Crippen MR) is 104 cm³/mol. The molecular formula is C20H17N3O2S. The maximum atomic E-state index is 9.71. The largest absolute Gasteiger partial charge is 0.508 e. The number of H-pyrrole nitrogens is 1. The second-order valence-electron chi connectivity index (χ2n) is 5.96. The molecule has 4 rings (SSSR count).